The van der Waals surface area contributed by atoms with Gasteiger partial charge in [-0.15, -0.1) is 0 Å². The molecule has 0 aliphatic carbocycles. The minimum atomic E-state index is -0.470. The highest BCUT2D eigenvalue weighted by Crippen LogP contribution is 2.39. The van der Waals surface area contributed by atoms with E-state index in [4.69, 9.17) is 15.2 Å². The number of hydrogen-bond donors (Lipinski definition) is 3. The number of carbonyl (C=O) groups excluding carboxylic acids is 1. The summed E-state index contributed by atoms with van der Waals surface area (Å²) in [6.45, 7) is 6.89. The molecular formula is C26H30N4O3. The van der Waals surface area contributed by atoms with E-state index in [-0.39, 0.29) is 5.96 Å². The molecule has 0 aliphatic rings. The molecule has 0 aromatic heterocycles. The molecule has 7 nitrogen and oxygen atoms in total. The zero-order valence-electron chi connectivity index (χ0n) is 19.2. The number of guanidine groups is 1. The number of nitrogens with two attached hydrogens (primary N) is 1. The fraction of sp³-hybridized carbons (Fsp3) is 0.231. The van der Waals surface area contributed by atoms with Crippen LogP contribution in [0.2, 0.25) is 0 Å². The first-order chi connectivity index (χ1) is 16.0. The summed E-state index contributed by atoms with van der Waals surface area (Å²) in [6, 6.07) is 21.2. The van der Waals surface area contributed by atoms with Gasteiger partial charge in [0.1, 0.15) is 13.2 Å². The summed E-state index contributed by atoms with van der Waals surface area (Å²) in [5.74, 6) is 1.25. The summed E-state index contributed by atoms with van der Waals surface area (Å²) in [5, 5.41) is 5.39. The van der Waals surface area contributed by atoms with Crippen LogP contribution in [-0.4, -0.2) is 18.5 Å². The predicted octanol–water partition coefficient (Wildman–Crippen LogP) is 4.92. The number of aryl methyl sites for hydroxylation is 1. The van der Waals surface area contributed by atoms with Crippen molar-refractivity contribution in [1.82, 2.24) is 5.32 Å². The van der Waals surface area contributed by atoms with E-state index in [1.807, 2.05) is 87.5 Å². The minimum absolute atomic E-state index is 0.0636. The first kappa shape index (κ1) is 23.7. The molecule has 33 heavy (non-hydrogen) atoms. The number of amides is 2. The van der Waals surface area contributed by atoms with E-state index >= 15 is 0 Å². The maximum atomic E-state index is 12.4. The summed E-state index contributed by atoms with van der Waals surface area (Å²) in [6.07, 6.45) is 0. The largest absolute Gasteiger partial charge is 0.485 e. The van der Waals surface area contributed by atoms with Crippen molar-refractivity contribution in [2.45, 2.75) is 34.0 Å². The molecule has 7 heteroatoms. The average molecular weight is 447 g/mol. The van der Waals surface area contributed by atoms with Crippen LogP contribution in [-0.2, 0) is 13.2 Å². The second-order valence-electron chi connectivity index (χ2n) is 7.51. The van der Waals surface area contributed by atoms with Crippen LogP contribution in [0.5, 0.6) is 11.5 Å². The number of urea groups is 1. The van der Waals surface area contributed by atoms with E-state index in [0.29, 0.717) is 36.9 Å². The summed E-state index contributed by atoms with van der Waals surface area (Å²) in [5.41, 5.74) is 10.0. The molecule has 3 rings (SSSR count). The Morgan fingerprint density at radius 3 is 2.09 bits per heavy atom. The van der Waals surface area contributed by atoms with Gasteiger partial charge in [0, 0.05) is 12.1 Å². The van der Waals surface area contributed by atoms with Crippen LogP contribution in [0.3, 0.4) is 0 Å². The highest BCUT2D eigenvalue weighted by Gasteiger charge is 2.18. The van der Waals surface area contributed by atoms with Crippen molar-refractivity contribution in [1.29, 1.82) is 0 Å². The highest BCUT2D eigenvalue weighted by molar-refractivity contribution is 6.02. The molecule has 0 heterocycles. The molecule has 0 aliphatic heterocycles. The van der Waals surface area contributed by atoms with Crippen molar-refractivity contribution < 1.29 is 14.3 Å². The lowest BCUT2D eigenvalue weighted by Crippen LogP contribution is -2.39. The molecule has 0 bridgehead atoms. The zero-order chi connectivity index (χ0) is 23.6. The number of rotatable bonds is 8. The number of hydrogen-bond acceptors (Lipinski definition) is 4. The van der Waals surface area contributed by atoms with Gasteiger partial charge in [-0.05, 0) is 43.5 Å². The topological polar surface area (TPSA) is 98.0 Å². The molecule has 0 atom stereocenters. The van der Waals surface area contributed by atoms with Crippen molar-refractivity contribution in [3.63, 3.8) is 0 Å². The molecular weight excluding hydrogens is 416 g/mol. The Kier molecular flexibility index (Phi) is 8.30. The van der Waals surface area contributed by atoms with Crippen molar-refractivity contribution in [2.75, 3.05) is 11.9 Å². The number of nitrogens with one attached hydrogen (secondary N) is 2. The van der Waals surface area contributed by atoms with Gasteiger partial charge in [0.15, 0.2) is 17.5 Å². The van der Waals surface area contributed by atoms with Gasteiger partial charge >= 0.3 is 6.03 Å². The van der Waals surface area contributed by atoms with E-state index in [0.717, 1.165) is 22.3 Å². The van der Waals surface area contributed by atoms with Crippen molar-refractivity contribution in [3.05, 3.63) is 89.0 Å². The summed E-state index contributed by atoms with van der Waals surface area (Å²) in [7, 11) is 0. The second kappa shape index (κ2) is 11.6. The van der Waals surface area contributed by atoms with Crippen LogP contribution < -0.4 is 25.8 Å². The Morgan fingerprint density at radius 2 is 1.52 bits per heavy atom. The first-order valence-electron chi connectivity index (χ1n) is 10.8. The van der Waals surface area contributed by atoms with Gasteiger partial charge in [0.25, 0.3) is 0 Å². The Balaban J connectivity index is 1.87. The number of benzene rings is 3. The average Bonchev–Trinajstić information content (AvgIpc) is 2.81. The molecule has 4 N–H and O–H groups in total. The fourth-order valence-electron chi connectivity index (χ4n) is 3.34. The van der Waals surface area contributed by atoms with E-state index < -0.39 is 6.03 Å². The van der Waals surface area contributed by atoms with E-state index in [2.05, 4.69) is 15.6 Å². The third-order valence-corrected chi connectivity index (χ3v) is 4.95. The van der Waals surface area contributed by atoms with Crippen molar-refractivity contribution in [2.24, 2.45) is 10.7 Å². The first-order valence-corrected chi connectivity index (χ1v) is 10.8. The van der Waals surface area contributed by atoms with Crippen LogP contribution in [0.1, 0.15) is 29.2 Å². The quantitative estimate of drug-likeness (QED) is 0.338. The Morgan fingerprint density at radius 1 is 0.939 bits per heavy atom. The molecule has 0 saturated heterocycles. The number of nitrogens with zero attached hydrogens (tertiary/aromatic N) is 1. The minimum Gasteiger partial charge on any atom is -0.485 e. The van der Waals surface area contributed by atoms with Crippen LogP contribution >= 0.6 is 0 Å². The number of ether oxygens (including phenoxy) is 2. The van der Waals surface area contributed by atoms with Gasteiger partial charge < -0.3 is 20.5 Å². The van der Waals surface area contributed by atoms with Crippen LogP contribution in [0.15, 0.2) is 71.7 Å². The van der Waals surface area contributed by atoms with E-state index in [9.17, 15) is 4.79 Å². The van der Waals surface area contributed by atoms with Crippen LogP contribution in [0, 0.1) is 13.8 Å². The van der Waals surface area contributed by atoms with Gasteiger partial charge in [-0.25, -0.2) is 4.79 Å². The summed E-state index contributed by atoms with van der Waals surface area (Å²) in [4.78, 5) is 16.4. The van der Waals surface area contributed by atoms with Gasteiger partial charge in [0.2, 0.25) is 0 Å². The van der Waals surface area contributed by atoms with Gasteiger partial charge in [0.05, 0.1) is 5.69 Å². The smallest absolute Gasteiger partial charge is 0.326 e. The van der Waals surface area contributed by atoms with E-state index in [1.165, 1.54) is 0 Å². The van der Waals surface area contributed by atoms with Gasteiger partial charge in [-0.3, -0.25) is 10.3 Å². The van der Waals surface area contributed by atoms with Crippen molar-refractivity contribution in [3.8, 4) is 11.5 Å². The molecule has 0 saturated carbocycles. The normalized spacial score (nSPS) is 11.1. The zero-order valence-corrected chi connectivity index (χ0v) is 19.2. The standard InChI is InChI=1S/C26H30N4O3/c1-4-28-25(27)30-26(31)29-23-18(2)15-22(32-16-20-11-7-5-8-12-20)24(19(23)3)33-17-21-13-9-6-10-14-21/h5-15H,4,16-17H2,1-3H3,(H4,27,28,29,30,31). The third kappa shape index (κ3) is 6.74. The lowest BCUT2D eigenvalue weighted by atomic mass is 10.1. The molecule has 0 spiro atoms. The molecule has 0 fully saturated rings. The number of carbonyl (C=O) groups is 1. The molecule has 0 radical (unpaired) electrons. The predicted molar refractivity (Wildman–Crippen MR) is 132 cm³/mol. The Hall–Kier alpha value is -4.00. The highest BCUT2D eigenvalue weighted by atomic mass is 16.5. The van der Waals surface area contributed by atoms with E-state index in [1.54, 1.807) is 0 Å². The van der Waals surface area contributed by atoms with Crippen molar-refractivity contribution >= 4 is 17.7 Å². The molecule has 3 aromatic rings. The monoisotopic (exact) mass is 446 g/mol. The van der Waals surface area contributed by atoms with Crippen LogP contribution in [0.4, 0.5) is 10.5 Å². The maximum Gasteiger partial charge on any atom is 0.326 e. The molecule has 172 valence electrons. The van der Waals surface area contributed by atoms with Gasteiger partial charge in [-0.1, -0.05) is 60.7 Å². The molecule has 3 aromatic carbocycles. The summed E-state index contributed by atoms with van der Waals surface area (Å²) < 4.78 is 12.3. The second-order valence-corrected chi connectivity index (χ2v) is 7.51. The fourth-order valence-corrected chi connectivity index (χ4v) is 3.34. The lowest BCUT2D eigenvalue weighted by molar-refractivity contribution is 0.253. The third-order valence-electron chi connectivity index (χ3n) is 4.95. The molecule has 0 unspecified atom stereocenters. The Bertz CT molecular complexity index is 1100. The maximum absolute atomic E-state index is 12.4. The SMILES string of the molecule is CCN=C(N)NC(=O)Nc1c(C)cc(OCc2ccccc2)c(OCc2ccccc2)c1C. The van der Waals surface area contributed by atoms with Crippen LogP contribution in [0.25, 0.3) is 0 Å². The Labute approximate surface area is 194 Å². The molecule has 2 amide bonds. The lowest BCUT2D eigenvalue weighted by Gasteiger charge is -2.20. The number of aliphatic imine (C=N–C) groups is 1. The van der Waals surface area contributed by atoms with Gasteiger partial charge in [-0.2, -0.15) is 0 Å². The number of anilines is 1. The summed E-state index contributed by atoms with van der Waals surface area (Å²) >= 11 is 0.